The summed E-state index contributed by atoms with van der Waals surface area (Å²) in [4.78, 5) is 19.4. The Morgan fingerprint density at radius 2 is 2.40 bits per heavy atom. The molecule has 0 aliphatic carbocycles. The zero-order valence-electron chi connectivity index (χ0n) is 8.34. The van der Waals surface area contributed by atoms with Gasteiger partial charge in [-0.15, -0.1) is 6.58 Å². The molecule has 0 saturated carbocycles. The Morgan fingerprint density at radius 3 is 3.07 bits per heavy atom. The Kier molecular flexibility index (Phi) is 2.03. The Hall–Kier alpha value is -2.11. The summed E-state index contributed by atoms with van der Waals surface area (Å²) >= 11 is 0. The molecule has 0 unspecified atom stereocenters. The molecule has 2 aromatic rings. The standard InChI is InChI=1S/C9H11N5O/c1-3-4-14-5-11-6-7(10)13(2)9(15)12-8(6)14/h3,5H,1,4,10H2,2H3. The number of aromatic nitrogens is 4. The van der Waals surface area contributed by atoms with E-state index in [-0.39, 0.29) is 5.69 Å². The molecule has 0 radical (unpaired) electrons. The third-order valence-electron chi connectivity index (χ3n) is 2.23. The van der Waals surface area contributed by atoms with Crippen LogP contribution in [0.5, 0.6) is 0 Å². The predicted molar refractivity (Wildman–Crippen MR) is 57.4 cm³/mol. The fourth-order valence-corrected chi connectivity index (χ4v) is 1.37. The molecule has 2 aromatic heterocycles. The number of imidazole rings is 1. The summed E-state index contributed by atoms with van der Waals surface area (Å²) in [7, 11) is 1.57. The summed E-state index contributed by atoms with van der Waals surface area (Å²) in [5.74, 6) is 0.327. The predicted octanol–water partition coefficient (Wildman–Crippen LogP) is -0.102. The average Bonchev–Trinajstić information content (AvgIpc) is 2.59. The number of fused-ring (bicyclic) bond motifs is 1. The van der Waals surface area contributed by atoms with E-state index in [1.54, 1.807) is 24.0 Å². The van der Waals surface area contributed by atoms with Crippen molar-refractivity contribution in [2.75, 3.05) is 5.73 Å². The molecule has 0 aromatic carbocycles. The summed E-state index contributed by atoms with van der Waals surface area (Å²) in [5, 5.41) is 0. The Balaban J connectivity index is 2.83. The molecule has 6 nitrogen and oxygen atoms in total. The van der Waals surface area contributed by atoms with Crippen LogP contribution in [-0.2, 0) is 13.6 Å². The number of anilines is 1. The van der Waals surface area contributed by atoms with Crippen LogP contribution in [0.1, 0.15) is 0 Å². The average molecular weight is 205 g/mol. The van der Waals surface area contributed by atoms with Gasteiger partial charge >= 0.3 is 5.69 Å². The highest BCUT2D eigenvalue weighted by Gasteiger charge is 2.10. The van der Waals surface area contributed by atoms with Gasteiger partial charge in [0.2, 0.25) is 0 Å². The number of nitrogens with two attached hydrogens (primary N) is 1. The number of nitrogen functional groups attached to an aromatic ring is 1. The van der Waals surface area contributed by atoms with E-state index in [0.717, 1.165) is 0 Å². The van der Waals surface area contributed by atoms with Crippen molar-refractivity contribution < 1.29 is 0 Å². The number of nitrogens with zero attached hydrogens (tertiary/aromatic N) is 4. The van der Waals surface area contributed by atoms with Crippen molar-refractivity contribution >= 4 is 17.0 Å². The number of hydrogen-bond donors (Lipinski definition) is 1. The molecule has 15 heavy (non-hydrogen) atoms. The lowest BCUT2D eigenvalue weighted by Gasteiger charge is -2.03. The first-order chi connectivity index (χ1) is 7.15. The van der Waals surface area contributed by atoms with Crippen molar-refractivity contribution in [2.45, 2.75) is 6.54 Å². The maximum Gasteiger partial charge on any atom is 0.350 e. The van der Waals surface area contributed by atoms with E-state index in [1.165, 1.54) is 4.57 Å². The van der Waals surface area contributed by atoms with Gasteiger partial charge in [-0.2, -0.15) is 4.98 Å². The van der Waals surface area contributed by atoms with E-state index in [2.05, 4.69) is 16.5 Å². The summed E-state index contributed by atoms with van der Waals surface area (Å²) in [6.45, 7) is 4.17. The number of hydrogen-bond acceptors (Lipinski definition) is 4. The monoisotopic (exact) mass is 205 g/mol. The summed E-state index contributed by atoms with van der Waals surface area (Å²) < 4.78 is 2.99. The first-order valence-electron chi connectivity index (χ1n) is 4.43. The van der Waals surface area contributed by atoms with Crippen molar-refractivity contribution in [3.63, 3.8) is 0 Å². The van der Waals surface area contributed by atoms with Crippen LogP contribution in [0.25, 0.3) is 11.2 Å². The third kappa shape index (κ3) is 1.30. The lowest BCUT2D eigenvalue weighted by atomic mass is 10.5. The molecule has 2 heterocycles. The van der Waals surface area contributed by atoms with Crippen molar-refractivity contribution in [3.8, 4) is 0 Å². The normalized spacial score (nSPS) is 10.7. The number of allylic oxidation sites excluding steroid dienone is 1. The molecule has 2 rings (SSSR count). The Bertz CT molecular complexity index is 580. The zero-order valence-corrected chi connectivity index (χ0v) is 8.34. The molecule has 0 fully saturated rings. The highest BCUT2D eigenvalue weighted by atomic mass is 16.1. The van der Waals surface area contributed by atoms with Gasteiger partial charge in [-0.05, 0) is 0 Å². The van der Waals surface area contributed by atoms with Gasteiger partial charge in [0.15, 0.2) is 5.65 Å². The van der Waals surface area contributed by atoms with Crippen LogP contribution < -0.4 is 11.4 Å². The van der Waals surface area contributed by atoms with Crippen LogP contribution in [0.4, 0.5) is 5.82 Å². The van der Waals surface area contributed by atoms with Crippen LogP contribution in [0.2, 0.25) is 0 Å². The molecule has 0 atom stereocenters. The molecule has 6 heteroatoms. The third-order valence-corrected chi connectivity index (χ3v) is 2.23. The van der Waals surface area contributed by atoms with Gasteiger partial charge in [0.1, 0.15) is 11.3 Å². The summed E-state index contributed by atoms with van der Waals surface area (Å²) in [6.07, 6.45) is 3.30. The Morgan fingerprint density at radius 1 is 1.67 bits per heavy atom. The van der Waals surface area contributed by atoms with Crippen LogP contribution in [-0.4, -0.2) is 19.1 Å². The van der Waals surface area contributed by atoms with Crippen LogP contribution >= 0.6 is 0 Å². The van der Waals surface area contributed by atoms with E-state index in [1.807, 2.05) is 0 Å². The lowest BCUT2D eigenvalue weighted by molar-refractivity contribution is 0.805. The smallest absolute Gasteiger partial charge is 0.350 e. The largest absolute Gasteiger partial charge is 0.383 e. The quantitative estimate of drug-likeness (QED) is 0.694. The second kappa shape index (κ2) is 3.23. The molecule has 0 spiro atoms. The Labute approximate surface area is 85.7 Å². The minimum atomic E-state index is -0.384. The SMILES string of the molecule is C=CCn1cnc2c(N)n(C)c(=O)nc21. The van der Waals surface area contributed by atoms with E-state index in [0.29, 0.717) is 23.5 Å². The van der Waals surface area contributed by atoms with Crippen molar-refractivity contribution in [1.29, 1.82) is 0 Å². The molecule has 78 valence electrons. The van der Waals surface area contributed by atoms with E-state index in [4.69, 9.17) is 5.73 Å². The topological polar surface area (TPSA) is 78.7 Å². The molecule has 0 bridgehead atoms. The van der Waals surface area contributed by atoms with Crippen LogP contribution in [0.15, 0.2) is 23.8 Å². The fourth-order valence-electron chi connectivity index (χ4n) is 1.37. The van der Waals surface area contributed by atoms with Gasteiger partial charge < -0.3 is 10.3 Å². The van der Waals surface area contributed by atoms with E-state index < -0.39 is 0 Å². The summed E-state index contributed by atoms with van der Waals surface area (Å²) in [6, 6.07) is 0. The molecular weight excluding hydrogens is 194 g/mol. The van der Waals surface area contributed by atoms with E-state index >= 15 is 0 Å². The molecule has 0 amide bonds. The van der Waals surface area contributed by atoms with Gasteiger partial charge in [0, 0.05) is 13.6 Å². The second-order valence-electron chi connectivity index (χ2n) is 3.20. The highest BCUT2D eigenvalue weighted by molar-refractivity contribution is 5.81. The number of rotatable bonds is 2. The molecule has 0 saturated heterocycles. The molecule has 0 aliphatic rings. The van der Waals surface area contributed by atoms with Gasteiger partial charge in [-0.1, -0.05) is 6.08 Å². The van der Waals surface area contributed by atoms with Crippen LogP contribution in [0, 0.1) is 0 Å². The fraction of sp³-hybridized carbons (Fsp3) is 0.222. The summed E-state index contributed by atoms with van der Waals surface area (Å²) in [5.41, 5.74) is 6.40. The van der Waals surface area contributed by atoms with Crippen molar-refractivity contribution in [1.82, 2.24) is 19.1 Å². The minimum Gasteiger partial charge on any atom is -0.383 e. The highest BCUT2D eigenvalue weighted by Crippen LogP contribution is 2.14. The van der Waals surface area contributed by atoms with Gasteiger partial charge in [0.25, 0.3) is 0 Å². The van der Waals surface area contributed by atoms with Gasteiger partial charge in [0.05, 0.1) is 6.33 Å². The lowest BCUT2D eigenvalue weighted by Crippen LogP contribution is -2.23. The van der Waals surface area contributed by atoms with Gasteiger partial charge in [-0.25, -0.2) is 9.78 Å². The minimum absolute atomic E-state index is 0.327. The van der Waals surface area contributed by atoms with E-state index in [9.17, 15) is 4.79 Å². The first-order valence-corrected chi connectivity index (χ1v) is 4.43. The second-order valence-corrected chi connectivity index (χ2v) is 3.20. The maximum absolute atomic E-state index is 11.4. The van der Waals surface area contributed by atoms with Gasteiger partial charge in [-0.3, -0.25) is 4.57 Å². The van der Waals surface area contributed by atoms with Crippen molar-refractivity contribution in [3.05, 3.63) is 29.5 Å². The molecule has 2 N–H and O–H groups in total. The zero-order chi connectivity index (χ0) is 11.0. The first kappa shape index (κ1) is 9.45. The van der Waals surface area contributed by atoms with Crippen LogP contribution in [0.3, 0.4) is 0 Å². The molecule has 0 aliphatic heterocycles. The van der Waals surface area contributed by atoms with Crippen molar-refractivity contribution in [2.24, 2.45) is 7.05 Å². The molecular formula is C9H11N5O. The maximum atomic E-state index is 11.4.